The third-order valence-corrected chi connectivity index (χ3v) is 5.90. The number of methoxy groups -OCH3 is 1. The summed E-state index contributed by atoms with van der Waals surface area (Å²) in [5, 5.41) is 0. The summed E-state index contributed by atoms with van der Waals surface area (Å²) in [5.74, 6) is -0.558. The van der Waals surface area contributed by atoms with E-state index in [1.165, 1.54) is 35.8 Å². The Morgan fingerprint density at radius 3 is 2.88 bits per heavy atom. The lowest BCUT2D eigenvalue weighted by atomic mass is 10.1. The van der Waals surface area contributed by atoms with E-state index >= 15 is 0 Å². The number of benzene rings is 1. The fourth-order valence-corrected chi connectivity index (χ4v) is 4.43. The van der Waals surface area contributed by atoms with Crippen molar-refractivity contribution in [3.05, 3.63) is 47.9 Å². The van der Waals surface area contributed by atoms with E-state index in [9.17, 15) is 12.8 Å². The van der Waals surface area contributed by atoms with Crippen LogP contribution in [0.1, 0.15) is 18.4 Å². The van der Waals surface area contributed by atoms with Crippen LogP contribution in [0.3, 0.4) is 0 Å². The number of halogens is 1. The number of hydrogen-bond acceptors (Lipinski definition) is 6. The molecule has 26 heavy (non-hydrogen) atoms. The van der Waals surface area contributed by atoms with Crippen LogP contribution in [-0.2, 0) is 15.8 Å². The fraction of sp³-hybridized carbons (Fsp3) is 0.412. The van der Waals surface area contributed by atoms with Crippen molar-refractivity contribution in [1.82, 2.24) is 14.3 Å². The van der Waals surface area contributed by atoms with Gasteiger partial charge in [-0.2, -0.15) is 9.29 Å². The number of nitrogens with zero attached hydrogens (tertiary/aromatic N) is 3. The predicted octanol–water partition coefficient (Wildman–Crippen LogP) is 2.00. The number of sulfonamides is 1. The van der Waals surface area contributed by atoms with Crippen molar-refractivity contribution in [1.29, 1.82) is 0 Å². The monoisotopic (exact) mass is 381 g/mol. The van der Waals surface area contributed by atoms with Gasteiger partial charge in [0.15, 0.2) is 0 Å². The standard InChI is InChI=1S/C17H20FN3O4S/c1-24-17-19-9-8-16(20-17)25-14-6-4-10-21(11-14)26(22,23)12-13-5-2-3-7-15(13)18/h2-3,5,7-9,14H,4,6,10-12H2,1H3. The summed E-state index contributed by atoms with van der Waals surface area (Å²) in [6.07, 6.45) is 2.54. The third kappa shape index (κ3) is 4.47. The molecule has 1 fully saturated rings. The highest BCUT2D eigenvalue weighted by molar-refractivity contribution is 7.88. The first-order valence-corrected chi connectivity index (χ1v) is 9.84. The summed E-state index contributed by atoms with van der Waals surface area (Å²) in [6.45, 7) is 0.590. The molecule has 2 heterocycles. The molecule has 1 saturated heterocycles. The van der Waals surface area contributed by atoms with E-state index in [1.54, 1.807) is 12.1 Å². The van der Waals surface area contributed by atoms with Crippen LogP contribution in [0.5, 0.6) is 11.9 Å². The van der Waals surface area contributed by atoms with Gasteiger partial charge in [0.2, 0.25) is 15.9 Å². The molecule has 1 aromatic carbocycles. The Hall–Kier alpha value is -2.26. The summed E-state index contributed by atoms with van der Waals surface area (Å²) in [5.41, 5.74) is 0.163. The number of piperidine rings is 1. The summed E-state index contributed by atoms with van der Waals surface area (Å²) >= 11 is 0. The molecule has 0 saturated carbocycles. The first-order valence-electron chi connectivity index (χ1n) is 8.23. The van der Waals surface area contributed by atoms with E-state index in [1.807, 2.05) is 0 Å². The van der Waals surface area contributed by atoms with Crippen LogP contribution in [0.25, 0.3) is 0 Å². The van der Waals surface area contributed by atoms with E-state index in [2.05, 4.69) is 9.97 Å². The van der Waals surface area contributed by atoms with Crippen LogP contribution < -0.4 is 9.47 Å². The molecule has 1 aliphatic heterocycles. The van der Waals surface area contributed by atoms with Crippen LogP contribution in [0.4, 0.5) is 4.39 Å². The van der Waals surface area contributed by atoms with Gasteiger partial charge in [-0.3, -0.25) is 0 Å². The van der Waals surface area contributed by atoms with Crippen molar-refractivity contribution in [3.63, 3.8) is 0 Å². The SMILES string of the molecule is COc1nccc(OC2CCCN(S(=O)(=O)Cc3ccccc3F)C2)n1. The van der Waals surface area contributed by atoms with Gasteiger partial charge in [0, 0.05) is 24.4 Å². The summed E-state index contributed by atoms with van der Waals surface area (Å²) in [7, 11) is -2.19. The average molecular weight is 381 g/mol. The average Bonchev–Trinajstić information content (AvgIpc) is 2.64. The zero-order chi connectivity index (χ0) is 18.6. The third-order valence-electron chi connectivity index (χ3n) is 4.11. The molecule has 0 radical (unpaired) electrons. The number of ether oxygens (including phenoxy) is 2. The summed E-state index contributed by atoms with van der Waals surface area (Å²) in [6, 6.07) is 7.68. The second-order valence-corrected chi connectivity index (χ2v) is 7.94. The number of aromatic nitrogens is 2. The minimum atomic E-state index is -3.64. The molecule has 2 aromatic rings. The molecule has 0 spiro atoms. The van der Waals surface area contributed by atoms with Crippen molar-refractivity contribution in [2.75, 3.05) is 20.2 Å². The largest absolute Gasteiger partial charge is 0.473 e. The summed E-state index contributed by atoms with van der Waals surface area (Å²) in [4.78, 5) is 7.98. The zero-order valence-corrected chi connectivity index (χ0v) is 15.2. The van der Waals surface area contributed by atoms with Gasteiger partial charge in [-0.05, 0) is 18.9 Å². The highest BCUT2D eigenvalue weighted by atomic mass is 32.2. The second kappa shape index (κ2) is 7.96. The van der Waals surface area contributed by atoms with Gasteiger partial charge >= 0.3 is 6.01 Å². The van der Waals surface area contributed by atoms with Crippen LogP contribution in [0.2, 0.25) is 0 Å². The predicted molar refractivity (Wildman–Crippen MR) is 92.8 cm³/mol. The Labute approximate surface area is 151 Å². The fourth-order valence-electron chi connectivity index (χ4n) is 2.82. The van der Waals surface area contributed by atoms with Gasteiger partial charge in [-0.1, -0.05) is 18.2 Å². The molecule has 0 bridgehead atoms. The topological polar surface area (TPSA) is 81.6 Å². The smallest absolute Gasteiger partial charge is 0.319 e. The van der Waals surface area contributed by atoms with Crippen LogP contribution in [0, 0.1) is 5.82 Å². The first kappa shape index (κ1) is 18.5. The van der Waals surface area contributed by atoms with E-state index in [4.69, 9.17) is 9.47 Å². The van der Waals surface area contributed by atoms with Crippen molar-refractivity contribution < 1.29 is 22.3 Å². The van der Waals surface area contributed by atoms with E-state index < -0.39 is 15.8 Å². The minimum Gasteiger partial charge on any atom is -0.473 e. The maximum Gasteiger partial charge on any atom is 0.319 e. The molecule has 1 unspecified atom stereocenters. The van der Waals surface area contributed by atoms with Crippen LogP contribution in [-0.4, -0.2) is 49.0 Å². The number of rotatable bonds is 6. The van der Waals surface area contributed by atoms with Gasteiger partial charge in [-0.15, -0.1) is 0 Å². The molecule has 0 aliphatic carbocycles. The van der Waals surface area contributed by atoms with Crippen LogP contribution in [0.15, 0.2) is 36.5 Å². The normalized spacial score (nSPS) is 18.5. The lowest BCUT2D eigenvalue weighted by Gasteiger charge is -2.31. The molecular weight excluding hydrogens is 361 g/mol. The maximum atomic E-state index is 13.8. The summed E-state index contributed by atoms with van der Waals surface area (Å²) < 4.78 is 51.2. The van der Waals surface area contributed by atoms with Gasteiger partial charge in [0.25, 0.3) is 0 Å². The Balaban J connectivity index is 1.68. The molecule has 1 aliphatic rings. The van der Waals surface area contributed by atoms with Gasteiger partial charge in [0.1, 0.15) is 11.9 Å². The lowest BCUT2D eigenvalue weighted by Crippen LogP contribution is -2.44. The van der Waals surface area contributed by atoms with E-state index in [0.717, 1.165) is 0 Å². The second-order valence-electron chi connectivity index (χ2n) is 5.97. The van der Waals surface area contributed by atoms with E-state index in [-0.39, 0.29) is 30.0 Å². The highest BCUT2D eigenvalue weighted by Gasteiger charge is 2.30. The van der Waals surface area contributed by atoms with Crippen molar-refractivity contribution in [3.8, 4) is 11.9 Å². The molecule has 0 amide bonds. The molecule has 1 atom stereocenters. The first-order chi connectivity index (χ1) is 12.5. The molecule has 0 N–H and O–H groups in total. The molecule has 140 valence electrons. The molecule has 1 aromatic heterocycles. The molecule has 9 heteroatoms. The quantitative estimate of drug-likeness (QED) is 0.761. The van der Waals surface area contributed by atoms with Crippen molar-refractivity contribution in [2.24, 2.45) is 0 Å². The highest BCUT2D eigenvalue weighted by Crippen LogP contribution is 2.22. The van der Waals surface area contributed by atoms with E-state index in [0.29, 0.717) is 25.3 Å². The van der Waals surface area contributed by atoms with Crippen LogP contribution >= 0.6 is 0 Å². The Kier molecular flexibility index (Phi) is 5.67. The van der Waals surface area contributed by atoms with Gasteiger partial charge < -0.3 is 9.47 Å². The lowest BCUT2D eigenvalue weighted by molar-refractivity contribution is 0.123. The Morgan fingerprint density at radius 1 is 1.31 bits per heavy atom. The minimum absolute atomic E-state index is 0.163. The van der Waals surface area contributed by atoms with Crippen molar-refractivity contribution >= 4 is 10.0 Å². The maximum absolute atomic E-state index is 13.8. The Bertz CT molecular complexity index is 863. The van der Waals surface area contributed by atoms with Gasteiger partial charge in [0.05, 0.1) is 19.4 Å². The van der Waals surface area contributed by atoms with Crippen molar-refractivity contribution in [2.45, 2.75) is 24.7 Å². The molecular formula is C17H20FN3O4S. The zero-order valence-electron chi connectivity index (χ0n) is 14.3. The van der Waals surface area contributed by atoms with Gasteiger partial charge in [-0.25, -0.2) is 17.8 Å². The molecule has 7 nitrogen and oxygen atoms in total. The number of hydrogen-bond donors (Lipinski definition) is 0. The molecule has 3 rings (SSSR count). The Morgan fingerprint density at radius 2 is 2.12 bits per heavy atom.